The highest BCUT2D eigenvalue weighted by Crippen LogP contribution is 2.58. The molecule has 57 heavy (non-hydrogen) atoms. The maximum Gasteiger partial charge on any atom is 0.405 e. The van der Waals surface area contributed by atoms with Gasteiger partial charge in [0.25, 0.3) is 0 Å². The number of benzene rings is 2. The van der Waals surface area contributed by atoms with E-state index >= 15 is 0 Å². The summed E-state index contributed by atoms with van der Waals surface area (Å²) in [5, 5.41) is 36.7. The minimum absolute atomic E-state index is 0.0449. The van der Waals surface area contributed by atoms with Crippen molar-refractivity contribution in [3.05, 3.63) is 82.9 Å². The second-order valence-electron chi connectivity index (χ2n) is 16.7. The van der Waals surface area contributed by atoms with E-state index in [-0.39, 0.29) is 43.6 Å². The number of nitrogens with two attached hydrogens (primary N) is 1. The Morgan fingerprint density at radius 1 is 0.947 bits per heavy atom. The highest BCUT2D eigenvalue weighted by atomic mass is 16.6. The van der Waals surface area contributed by atoms with Crippen molar-refractivity contribution in [2.75, 3.05) is 13.2 Å². The molecule has 1 saturated carbocycles. The predicted octanol–water partition coefficient (Wildman–Crippen LogP) is 4.39. The Labute approximate surface area is 333 Å². The monoisotopic (exact) mass is 795 g/mol. The fourth-order valence-electron chi connectivity index (χ4n) is 8.15. The van der Waals surface area contributed by atoms with Gasteiger partial charge < -0.3 is 44.7 Å². The molecule has 312 valence electrons. The lowest BCUT2D eigenvalue weighted by Crippen LogP contribution is -2.70. The molecule has 2 bridgehead atoms. The lowest BCUT2D eigenvalue weighted by molar-refractivity contribution is -0.218. The first-order valence-corrected chi connectivity index (χ1v) is 19.1. The first kappa shape index (κ1) is 45.1. The summed E-state index contributed by atoms with van der Waals surface area (Å²) in [6, 6.07) is 17.6. The van der Waals surface area contributed by atoms with Crippen LogP contribution in [0.3, 0.4) is 0 Å². The fourth-order valence-corrected chi connectivity index (χ4v) is 8.15. The number of amides is 1. The number of fused-ring (bicyclic) bond motifs is 3. The van der Waals surface area contributed by atoms with Crippen molar-refractivity contribution in [3.8, 4) is 0 Å². The molecule has 0 aromatic heterocycles. The van der Waals surface area contributed by atoms with Crippen LogP contribution in [0.1, 0.15) is 90.6 Å². The number of primary amides is 1. The number of ketones is 1. The number of ether oxygens (including phenoxy) is 5. The van der Waals surface area contributed by atoms with E-state index in [0.29, 0.717) is 12.0 Å². The van der Waals surface area contributed by atoms with E-state index in [0.717, 1.165) is 5.56 Å². The molecule has 0 spiro atoms. The van der Waals surface area contributed by atoms with Crippen LogP contribution in [0.4, 0.5) is 4.79 Å². The Hall–Kier alpha value is -4.63. The zero-order chi connectivity index (χ0) is 42.5. The van der Waals surface area contributed by atoms with Crippen LogP contribution >= 0.6 is 0 Å². The Balaban J connectivity index is 0.000000812. The number of aliphatic hydroxyl groups excluding tert-OH is 2. The Bertz CT molecular complexity index is 1800. The highest BCUT2D eigenvalue weighted by molar-refractivity contribution is 5.93. The molecule has 1 saturated heterocycles. The maximum atomic E-state index is 14.6. The SMILES string of the molecule is CC(=O)OCC1CC(O)C2(C)C(=O)C(O)C3=C(C)[C@@H](OC(=O)CCc4ccccc4)CC(O)([C@@H](OC(=O)c4ccccc4)C2CO1)C3(C)C.CC(C)(C)OC(N)=O. The lowest BCUT2D eigenvalue weighted by atomic mass is 9.50. The average molecular weight is 796 g/mol. The molecular formula is C43H57NO13. The number of aryl methyl sites for hydroxylation is 1. The molecule has 0 radical (unpaired) electrons. The summed E-state index contributed by atoms with van der Waals surface area (Å²) in [7, 11) is 0. The highest BCUT2D eigenvalue weighted by Gasteiger charge is 2.68. The number of hydrogen-bond donors (Lipinski definition) is 4. The van der Waals surface area contributed by atoms with Crippen molar-refractivity contribution < 1.29 is 63.0 Å². The van der Waals surface area contributed by atoms with Crippen LogP contribution in [0.25, 0.3) is 0 Å². The number of Topliss-reactive ketones (excluding diaryl/α,β-unsaturated/α-hetero) is 1. The van der Waals surface area contributed by atoms with Gasteiger partial charge in [0.1, 0.15) is 36.1 Å². The third kappa shape index (κ3) is 10.1. The van der Waals surface area contributed by atoms with E-state index < -0.39 is 88.3 Å². The molecule has 2 aromatic carbocycles. The van der Waals surface area contributed by atoms with Crippen molar-refractivity contribution >= 4 is 29.8 Å². The summed E-state index contributed by atoms with van der Waals surface area (Å²) in [6.45, 7) is 12.4. The molecule has 14 heteroatoms. The molecule has 3 aliphatic rings. The van der Waals surface area contributed by atoms with Gasteiger partial charge >= 0.3 is 24.0 Å². The van der Waals surface area contributed by atoms with Crippen LogP contribution in [0.5, 0.6) is 0 Å². The molecule has 5 rings (SSSR count). The summed E-state index contributed by atoms with van der Waals surface area (Å²) >= 11 is 0. The van der Waals surface area contributed by atoms with Gasteiger partial charge in [0.2, 0.25) is 0 Å². The van der Waals surface area contributed by atoms with Crippen molar-refractivity contribution in [1.29, 1.82) is 0 Å². The smallest absolute Gasteiger partial charge is 0.405 e. The van der Waals surface area contributed by atoms with E-state index in [1.54, 1.807) is 71.9 Å². The van der Waals surface area contributed by atoms with Crippen LogP contribution in [0.15, 0.2) is 71.8 Å². The molecule has 2 aliphatic carbocycles. The van der Waals surface area contributed by atoms with E-state index in [9.17, 15) is 39.3 Å². The largest absolute Gasteiger partial charge is 0.463 e. The van der Waals surface area contributed by atoms with Gasteiger partial charge in [-0.3, -0.25) is 14.4 Å². The van der Waals surface area contributed by atoms with Gasteiger partial charge in [-0.2, -0.15) is 0 Å². The Kier molecular flexibility index (Phi) is 14.1. The number of carbonyl (C=O) groups is 5. The molecule has 2 fully saturated rings. The van der Waals surface area contributed by atoms with E-state index in [1.165, 1.54) is 13.8 Å². The molecular weight excluding hydrogens is 738 g/mol. The third-order valence-corrected chi connectivity index (χ3v) is 11.4. The van der Waals surface area contributed by atoms with Crippen molar-refractivity contribution in [1.82, 2.24) is 0 Å². The first-order chi connectivity index (χ1) is 26.5. The van der Waals surface area contributed by atoms with Crippen molar-refractivity contribution in [2.24, 2.45) is 22.5 Å². The first-order valence-electron chi connectivity index (χ1n) is 19.1. The normalized spacial score (nSPS) is 29.5. The van der Waals surface area contributed by atoms with Gasteiger partial charge in [0.15, 0.2) is 5.78 Å². The molecule has 5 N–H and O–H groups in total. The van der Waals surface area contributed by atoms with E-state index in [2.05, 4.69) is 4.74 Å². The molecule has 8 atom stereocenters. The molecule has 1 heterocycles. The zero-order valence-corrected chi connectivity index (χ0v) is 34.0. The van der Waals surface area contributed by atoms with Gasteiger partial charge in [0, 0.05) is 37.5 Å². The Morgan fingerprint density at radius 3 is 2.09 bits per heavy atom. The van der Waals surface area contributed by atoms with Gasteiger partial charge in [-0.25, -0.2) is 9.59 Å². The van der Waals surface area contributed by atoms with Crippen LogP contribution in [0, 0.1) is 16.7 Å². The molecule has 14 nitrogen and oxygen atoms in total. The Morgan fingerprint density at radius 2 is 1.54 bits per heavy atom. The van der Waals surface area contributed by atoms with Gasteiger partial charge in [-0.05, 0) is 69.9 Å². The molecule has 6 unspecified atom stereocenters. The summed E-state index contributed by atoms with van der Waals surface area (Å²) in [5.74, 6) is -3.85. The minimum Gasteiger partial charge on any atom is -0.463 e. The average Bonchev–Trinajstić information content (AvgIpc) is 3.25. The predicted molar refractivity (Wildman–Crippen MR) is 206 cm³/mol. The van der Waals surface area contributed by atoms with Crippen LogP contribution in [0.2, 0.25) is 0 Å². The topological polar surface area (TPSA) is 218 Å². The molecule has 1 aliphatic heterocycles. The second-order valence-corrected chi connectivity index (χ2v) is 16.7. The lowest BCUT2D eigenvalue weighted by Gasteiger charge is -2.59. The summed E-state index contributed by atoms with van der Waals surface area (Å²) in [4.78, 5) is 63.2. The quantitative estimate of drug-likeness (QED) is 0.166. The van der Waals surface area contributed by atoms with Crippen molar-refractivity contribution in [3.63, 3.8) is 0 Å². The number of esters is 3. The van der Waals surface area contributed by atoms with Crippen LogP contribution in [-0.4, -0.2) is 100 Å². The maximum absolute atomic E-state index is 14.6. The summed E-state index contributed by atoms with van der Waals surface area (Å²) in [5.41, 5.74) is 0.651. The summed E-state index contributed by atoms with van der Waals surface area (Å²) < 4.78 is 28.0. The van der Waals surface area contributed by atoms with Gasteiger partial charge in [-0.1, -0.05) is 62.4 Å². The molecule has 2 aromatic rings. The number of carbonyl (C=O) groups excluding carboxylic acids is 5. The number of hydrogen-bond acceptors (Lipinski definition) is 13. The number of aliphatic hydroxyl groups is 3. The fraction of sp³-hybridized carbons (Fsp3) is 0.558. The van der Waals surface area contributed by atoms with Crippen LogP contribution < -0.4 is 5.73 Å². The summed E-state index contributed by atoms with van der Waals surface area (Å²) in [6.07, 6.45) is -7.33. The standard InChI is InChI=1S/C38H46O11.C5H11NO2/c1-22-28(48-30(41)17-16-24-12-8-6-9-13-24)19-38(45)34(49-35(44)25-14-10-7-11-15-25)27-21-47-26(20-46-23(2)39)18-29(40)37(27,5)33(43)32(42)31(22)36(38,3)4;1-5(2,3)8-4(6)7/h6-15,26-29,32,34,40,42,45H,16-21H2,1-5H3;1-3H3,(H2,6,7)/t26?,27?,28-,29?,32?,34-,37?,38?;/m0./s1. The minimum atomic E-state index is -2.05. The van der Waals surface area contributed by atoms with Gasteiger partial charge in [0.05, 0.1) is 29.8 Å². The van der Waals surface area contributed by atoms with Crippen LogP contribution in [-0.2, 0) is 44.5 Å². The van der Waals surface area contributed by atoms with E-state index in [1.807, 2.05) is 30.3 Å². The molecule has 1 amide bonds. The van der Waals surface area contributed by atoms with Gasteiger partial charge in [-0.15, -0.1) is 0 Å². The second kappa shape index (κ2) is 17.9. The van der Waals surface area contributed by atoms with Crippen molar-refractivity contribution in [2.45, 2.75) is 123 Å². The zero-order valence-electron chi connectivity index (χ0n) is 34.0. The number of rotatable bonds is 8. The third-order valence-electron chi connectivity index (χ3n) is 11.4. The van der Waals surface area contributed by atoms with E-state index in [4.69, 9.17) is 24.7 Å².